The molecule has 1 amide bonds. The normalized spacial score (nSPS) is 41.1. The van der Waals surface area contributed by atoms with Gasteiger partial charge in [-0.3, -0.25) is 4.79 Å². The van der Waals surface area contributed by atoms with Crippen molar-refractivity contribution in [3.8, 4) is 0 Å². The van der Waals surface area contributed by atoms with Crippen molar-refractivity contribution in [3.63, 3.8) is 0 Å². The van der Waals surface area contributed by atoms with Crippen molar-refractivity contribution < 1.29 is 19.0 Å². The average molecular weight is 253 g/mol. The van der Waals surface area contributed by atoms with Gasteiger partial charge in [0.2, 0.25) is 5.91 Å². The van der Waals surface area contributed by atoms with Crippen molar-refractivity contribution in [1.82, 2.24) is 4.90 Å². The fraction of sp³-hybridized carbons (Fsp3) is 0.923. The number of rotatable bonds is 1. The zero-order valence-electron chi connectivity index (χ0n) is 10.5. The van der Waals surface area contributed by atoms with Crippen LogP contribution in [0.3, 0.4) is 0 Å². The van der Waals surface area contributed by atoms with E-state index in [9.17, 15) is 4.79 Å². The van der Waals surface area contributed by atoms with Crippen LogP contribution in [0.4, 0.5) is 0 Å². The predicted molar refractivity (Wildman–Crippen MR) is 61.7 cm³/mol. The molecule has 4 rings (SSSR count). The summed E-state index contributed by atoms with van der Waals surface area (Å²) in [6.07, 6.45) is 1.89. The number of hydrogen-bond acceptors (Lipinski definition) is 4. The second kappa shape index (κ2) is 3.92. The van der Waals surface area contributed by atoms with Gasteiger partial charge in [0.25, 0.3) is 0 Å². The summed E-state index contributed by atoms with van der Waals surface area (Å²) in [5, 5.41) is 0. The summed E-state index contributed by atoms with van der Waals surface area (Å²) < 4.78 is 16.8. The molecule has 1 aliphatic carbocycles. The highest BCUT2D eigenvalue weighted by Crippen LogP contribution is 2.52. The van der Waals surface area contributed by atoms with Crippen molar-refractivity contribution in [1.29, 1.82) is 0 Å². The topological polar surface area (TPSA) is 48.0 Å². The van der Waals surface area contributed by atoms with Gasteiger partial charge in [0, 0.05) is 18.9 Å². The first-order valence-electron chi connectivity index (χ1n) is 6.94. The SMILES string of the molecule is O=C(C1C2COCC21)N1CCCC2(C1)OCCO2. The fourth-order valence-corrected chi connectivity index (χ4v) is 3.73. The molecule has 18 heavy (non-hydrogen) atoms. The molecule has 1 saturated carbocycles. The van der Waals surface area contributed by atoms with Gasteiger partial charge in [0.05, 0.1) is 33.0 Å². The van der Waals surface area contributed by atoms with Crippen LogP contribution in [0, 0.1) is 17.8 Å². The van der Waals surface area contributed by atoms with Crippen LogP contribution < -0.4 is 0 Å². The van der Waals surface area contributed by atoms with Crippen LogP contribution in [0.5, 0.6) is 0 Å². The highest BCUT2D eigenvalue weighted by molar-refractivity contribution is 5.82. The van der Waals surface area contributed by atoms with Gasteiger partial charge in [-0.2, -0.15) is 0 Å². The Morgan fingerprint density at radius 3 is 2.61 bits per heavy atom. The lowest BCUT2D eigenvalue weighted by Gasteiger charge is -2.38. The molecule has 1 spiro atoms. The summed E-state index contributed by atoms with van der Waals surface area (Å²) in [5.41, 5.74) is 0. The van der Waals surface area contributed by atoms with Crippen molar-refractivity contribution in [2.45, 2.75) is 18.6 Å². The Hall–Kier alpha value is -0.650. The first kappa shape index (κ1) is 11.2. The van der Waals surface area contributed by atoms with Crippen LogP contribution in [0.15, 0.2) is 0 Å². The Morgan fingerprint density at radius 1 is 1.17 bits per heavy atom. The number of ether oxygens (including phenoxy) is 3. The zero-order valence-corrected chi connectivity index (χ0v) is 10.5. The summed E-state index contributed by atoms with van der Waals surface area (Å²) >= 11 is 0. The van der Waals surface area contributed by atoms with E-state index >= 15 is 0 Å². The molecule has 5 nitrogen and oxygen atoms in total. The van der Waals surface area contributed by atoms with Crippen molar-refractivity contribution >= 4 is 5.91 Å². The number of carbonyl (C=O) groups excluding carboxylic acids is 1. The second-order valence-corrected chi connectivity index (χ2v) is 5.86. The number of hydrogen-bond donors (Lipinski definition) is 0. The highest BCUT2D eigenvalue weighted by atomic mass is 16.7. The number of piperidine rings is 1. The molecule has 100 valence electrons. The van der Waals surface area contributed by atoms with Crippen LogP contribution in [-0.2, 0) is 19.0 Å². The monoisotopic (exact) mass is 253 g/mol. The number of carbonyl (C=O) groups is 1. The predicted octanol–water partition coefficient (Wildman–Crippen LogP) is 0.244. The van der Waals surface area contributed by atoms with Gasteiger partial charge in [0.1, 0.15) is 0 Å². The molecule has 3 aliphatic heterocycles. The van der Waals surface area contributed by atoms with E-state index in [1.807, 2.05) is 4.90 Å². The minimum atomic E-state index is -0.492. The maximum Gasteiger partial charge on any atom is 0.226 e. The van der Waals surface area contributed by atoms with Crippen LogP contribution in [0.1, 0.15) is 12.8 Å². The Balaban J connectivity index is 1.43. The third-order valence-electron chi connectivity index (χ3n) is 4.78. The summed E-state index contributed by atoms with van der Waals surface area (Å²) in [6.45, 7) is 4.32. The molecule has 0 aromatic heterocycles. The van der Waals surface area contributed by atoms with Crippen LogP contribution in [-0.4, -0.2) is 56.1 Å². The molecular formula is C13H19NO4. The smallest absolute Gasteiger partial charge is 0.226 e. The molecule has 4 aliphatic rings. The maximum absolute atomic E-state index is 12.5. The molecule has 2 atom stereocenters. The van der Waals surface area contributed by atoms with Gasteiger partial charge >= 0.3 is 0 Å². The Kier molecular flexibility index (Phi) is 2.44. The lowest BCUT2D eigenvalue weighted by molar-refractivity contribution is -0.193. The third-order valence-corrected chi connectivity index (χ3v) is 4.78. The molecule has 5 heteroatoms. The summed E-state index contributed by atoms with van der Waals surface area (Å²) in [4.78, 5) is 14.4. The number of fused-ring (bicyclic) bond motifs is 1. The number of nitrogens with zero attached hydrogens (tertiary/aromatic N) is 1. The standard InChI is InChI=1S/C13H19NO4/c15-12(11-9-6-16-7-10(9)11)14-3-1-2-13(8-14)17-4-5-18-13/h9-11H,1-8H2. The van der Waals surface area contributed by atoms with Gasteiger partial charge in [-0.05, 0) is 18.3 Å². The van der Waals surface area contributed by atoms with Gasteiger partial charge in [-0.1, -0.05) is 0 Å². The second-order valence-electron chi connectivity index (χ2n) is 5.86. The van der Waals surface area contributed by atoms with Crippen LogP contribution in [0.2, 0.25) is 0 Å². The van der Waals surface area contributed by atoms with E-state index in [4.69, 9.17) is 14.2 Å². The van der Waals surface area contributed by atoms with E-state index in [1.165, 1.54) is 0 Å². The molecule has 2 unspecified atom stereocenters. The van der Waals surface area contributed by atoms with Crippen LogP contribution in [0.25, 0.3) is 0 Å². The van der Waals surface area contributed by atoms with E-state index in [0.717, 1.165) is 32.6 Å². The molecule has 3 saturated heterocycles. The van der Waals surface area contributed by atoms with Crippen molar-refractivity contribution in [3.05, 3.63) is 0 Å². The molecule has 3 heterocycles. The van der Waals surface area contributed by atoms with Gasteiger partial charge in [-0.25, -0.2) is 0 Å². The third kappa shape index (κ3) is 1.61. The lowest BCUT2D eigenvalue weighted by atomic mass is 10.0. The number of amides is 1. The molecule has 0 N–H and O–H groups in total. The van der Waals surface area contributed by atoms with Gasteiger partial charge < -0.3 is 19.1 Å². The Bertz CT molecular complexity index is 356. The zero-order chi connectivity index (χ0) is 12.2. The minimum Gasteiger partial charge on any atom is -0.381 e. The van der Waals surface area contributed by atoms with E-state index < -0.39 is 5.79 Å². The highest BCUT2D eigenvalue weighted by Gasteiger charge is 2.59. The van der Waals surface area contributed by atoms with Crippen molar-refractivity contribution in [2.75, 3.05) is 39.5 Å². The molecule has 4 fully saturated rings. The molecule has 0 bridgehead atoms. The summed E-state index contributed by atoms with van der Waals surface area (Å²) in [6, 6.07) is 0. The van der Waals surface area contributed by atoms with Gasteiger partial charge in [-0.15, -0.1) is 0 Å². The van der Waals surface area contributed by atoms with E-state index in [0.29, 0.717) is 37.5 Å². The first-order valence-corrected chi connectivity index (χ1v) is 6.94. The van der Waals surface area contributed by atoms with Crippen LogP contribution >= 0.6 is 0 Å². The fourth-order valence-electron chi connectivity index (χ4n) is 3.73. The molecular weight excluding hydrogens is 234 g/mol. The average Bonchev–Trinajstić information content (AvgIpc) is 2.78. The van der Waals surface area contributed by atoms with E-state index in [2.05, 4.69) is 0 Å². The molecule has 0 aromatic rings. The summed E-state index contributed by atoms with van der Waals surface area (Å²) in [7, 11) is 0. The lowest BCUT2D eigenvalue weighted by Crippen LogP contribution is -2.51. The molecule has 0 radical (unpaired) electrons. The van der Waals surface area contributed by atoms with E-state index in [1.54, 1.807) is 0 Å². The Morgan fingerprint density at radius 2 is 1.89 bits per heavy atom. The molecule has 0 aromatic carbocycles. The largest absolute Gasteiger partial charge is 0.381 e. The quantitative estimate of drug-likeness (QED) is 0.672. The maximum atomic E-state index is 12.5. The van der Waals surface area contributed by atoms with Gasteiger partial charge in [0.15, 0.2) is 5.79 Å². The number of likely N-dealkylation sites (tertiary alicyclic amines) is 1. The van der Waals surface area contributed by atoms with Crippen molar-refractivity contribution in [2.24, 2.45) is 17.8 Å². The Labute approximate surface area is 106 Å². The first-order chi connectivity index (χ1) is 8.79. The summed E-state index contributed by atoms with van der Waals surface area (Å²) in [5.74, 6) is 0.998. The van der Waals surface area contributed by atoms with E-state index in [-0.39, 0.29) is 5.92 Å². The minimum absolute atomic E-state index is 0.218.